The van der Waals surface area contributed by atoms with Gasteiger partial charge in [0.25, 0.3) is 0 Å². The largest absolute Gasteiger partial charge is 0.416 e. The summed E-state index contributed by atoms with van der Waals surface area (Å²) in [6, 6.07) is 7.30. The molecule has 1 aromatic carbocycles. The minimum atomic E-state index is -4.40. The van der Waals surface area contributed by atoms with Gasteiger partial charge in [-0.2, -0.15) is 13.2 Å². The first-order valence-electron chi connectivity index (χ1n) is 5.62. The zero-order valence-electron chi connectivity index (χ0n) is 9.87. The van der Waals surface area contributed by atoms with Crippen LogP contribution in [-0.2, 0) is 6.18 Å². The Morgan fingerprint density at radius 3 is 2.65 bits per heavy atom. The van der Waals surface area contributed by atoms with Crippen molar-refractivity contribution in [2.45, 2.75) is 6.18 Å². The van der Waals surface area contributed by atoms with Gasteiger partial charge < -0.3 is 4.98 Å². The topological polar surface area (TPSA) is 41.6 Å². The number of nitrogens with zero attached hydrogens (tertiary/aromatic N) is 2. The highest BCUT2D eigenvalue weighted by molar-refractivity contribution is 9.10. The quantitative estimate of drug-likeness (QED) is 0.712. The highest BCUT2D eigenvalue weighted by Crippen LogP contribution is 2.31. The molecule has 2 aromatic heterocycles. The summed E-state index contributed by atoms with van der Waals surface area (Å²) in [6.07, 6.45) is -3.27. The normalized spacial score (nSPS) is 12.0. The van der Waals surface area contributed by atoms with E-state index in [0.29, 0.717) is 11.3 Å². The average Bonchev–Trinajstić information content (AvgIpc) is 2.81. The number of halogens is 4. The molecule has 0 radical (unpaired) electrons. The van der Waals surface area contributed by atoms with E-state index in [2.05, 4.69) is 30.9 Å². The van der Waals surface area contributed by atoms with Crippen LogP contribution in [0.25, 0.3) is 22.6 Å². The van der Waals surface area contributed by atoms with Crippen molar-refractivity contribution in [2.75, 3.05) is 0 Å². The van der Waals surface area contributed by atoms with Gasteiger partial charge in [0.1, 0.15) is 5.69 Å². The maximum Gasteiger partial charge on any atom is 0.416 e. The van der Waals surface area contributed by atoms with Crippen molar-refractivity contribution in [3.8, 4) is 11.5 Å². The number of fused-ring (bicyclic) bond motifs is 1. The molecule has 102 valence electrons. The van der Waals surface area contributed by atoms with Crippen LogP contribution in [0.3, 0.4) is 0 Å². The highest BCUT2D eigenvalue weighted by Gasteiger charge is 2.31. The molecule has 0 atom stereocenters. The van der Waals surface area contributed by atoms with Gasteiger partial charge in [-0.25, -0.2) is 4.98 Å². The molecular formula is C13H7BrF3N3. The predicted octanol–water partition coefficient (Wildman–Crippen LogP) is 4.41. The molecule has 0 aliphatic heterocycles. The second-order valence-corrected chi connectivity index (χ2v) is 5.09. The molecule has 0 saturated heterocycles. The Balaban J connectivity index is 2.11. The van der Waals surface area contributed by atoms with Crippen LogP contribution in [0.15, 0.2) is 41.0 Å². The second-order valence-electron chi connectivity index (χ2n) is 4.17. The summed E-state index contributed by atoms with van der Waals surface area (Å²) >= 11 is 3.32. The van der Waals surface area contributed by atoms with Crippen LogP contribution in [0.2, 0.25) is 0 Å². The van der Waals surface area contributed by atoms with Crippen molar-refractivity contribution in [3.63, 3.8) is 0 Å². The van der Waals surface area contributed by atoms with Crippen molar-refractivity contribution in [3.05, 3.63) is 46.6 Å². The third-order valence-corrected chi connectivity index (χ3v) is 3.27. The molecule has 0 fully saturated rings. The summed E-state index contributed by atoms with van der Waals surface area (Å²) in [5.41, 5.74) is 0.812. The molecule has 2 heterocycles. The van der Waals surface area contributed by atoms with Gasteiger partial charge in [-0.05, 0) is 30.3 Å². The van der Waals surface area contributed by atoms with Gasteiger partial charge in [0, 0.05) is 10.7 Å². The first kappa shape index (κ1) is 13.1. The number of benzene rings is 1. The predicted molar refractivity (Wildman–Crippen MR) is 72.0 cm³/mol. The summed E-state index contributed by atoms with van der Waals surface area (Å²) in [6.45, 7) is 0. The number of pyridine rings is 1. The van der Waals surface area contributed by atoms with Crippen LogP contribution in [0, 0.1) is 0 Å². The molecule has 7 heteroatoms. The highest BCUT2D eigenvalue weighted by atomic mass is 79.9. The number of aromatic amines is 1. The van der Waals surface area contributed by atoms with Gasteiger partial charge in [-0.1, -0.05) is 15.9 Å². The molecular weight excluding hydrogens is 335 g/mol. The third-order valence-electron chi connectivity index (χ3n) is 2.77. The summed E-state index contributed by atoms with van der Waals surface area (Å²) in [7, 11) is 0. The van der Waals surface area contributed by atoms with Crippen LogP contribution in [-0.4, -0.2) is 15.0 Å². The number of rotatable bonds is 1. The van der Waals surface area contributed by atoms with Gasteiger partial charge in [0.2, 0.25) is 0 Å². The fraction of sp³-hybridized carbons (Fsp3) is 0.0769. The van der Waals surface area contributed by atoms with E-state index in [4.69, 9.17) is 0 Å². The van der Waals surface area contributed by atoms with Crippen LogP contribution < -0.4 is 0 Å². The van der Waals surface area contributed by atoms with E-state index in [-0.39, 0.29) is 5.69 Å². The maximum atomic E-state index is 12.7. The molecule has 0 aliphatic rings. The average molecular weight is 342 g/mol. The van der Waals surface area contributed by atoms with E-state index in [9.17, 15) is 13.2 Å². The molecule has 3 aromatic rings. The number of nitrogens with one attached hydrogen (secondary N) is 1. The van der Waals surface area contributed by atoms with E-state index in [1.54, 1.807) is 12.1 Å². The molecule has 3 rings (SSSR count). The van der Waals surface area contributed by atoms with E-state index < -0.39 is 11.7 Å². The number of hydrogen-bond donors (Lipinski definition) is 1. The molecule has 1 N–H and O–H groups in total. The van der Waals surface area contributed by atoms with Gasteiger partial charge in [-0.15, -0.1) is 0 Å². The Kier molecular flexibility index (Phi) is 3.01. The fourth-order valence-corrected chi connectivity index (χ4v) is 2.20. The van der Waals surface area contributed by atoms with Crippen molar-refractivity contribution in [1.29, 1.82) is 0 Å². The monoisotopic (exact) mass is 341 g/mol. The summed E-state index contributed by atoms with van der Waals surface area (Å²) < 4.78 is 38.9. The van der Waals surface area contributed by atoms with Crippen LogP contribution in [0.1, 0.15) is 5.56 Å². The summed E-state index contributed by atoms with van der Waals surface area (Å²) in [5, 5.41) is 0. The Morgan fingerprint density at radius 2 is 1.90 bits per heavy atom. The van der Waals surface area contributed by atoms with Gasteiger partial charge in [0.15, 0.2) is 5.82 Å². The minimum Gasteiger partial charge on any atom is -0.337 e. The molecule has 3 nitrogen and oxygen atoms in total. The van der Waals surface area contributed by atoms with E-state index >= 15 is 0 Å². The molecule has 0 bridgehead atoms. The van der Waals surface area contributed by atoms with Crippen molar-refractivity contribution >= 4 is 27.0 Å². The molecule has 0 spiro atoms. The Bertz CT molecular complexity index is 780. The summed E-state index contributed by atoms with van der Waals surface area (Å²) in [4.78, 5) is 11.1. The first-order chi connectivity index (χ1) is 9.43. The zero-order chi connectivity index (χ0) is 14.3. The fourth-order valence-electron chi connectivity index (χ4n) is 1.84. The SMILES string of the molecule is FC(F)(F)c1ccnc(-c2nc3ccc(Br)cc3[nH]2)c1. The van der Waals surface area contributed by atoms with E-state index in [0.717, 1.165) is 28.3 Å². The standard InChI is InChI=1S/C13H7BrF3N3/c14-8-1-2-9-10(6-8)20-12(19-9)11-5-7(3-4-18-11)13(15,16)17/h1-6H,(H,19,20). The number of alkyl halides is 3. The van der Waals surface area contributed by atoms with E-state index in [1.807, 2.05) is 6.07 Å². The lowest BCUT2D eigenvalue weighted by atomic mass is 10.2. The third kappa shape index (κ3) is 2.40. The smallest absolute Gasteiger partial charge is 0.337 e. The van der Waals surface area contributed by atoms with E-state index in [1.165, 1.54) is 0 Å². The number of H-pyrrole nitrogens is 1. The lowest BCUT2D eigenvalue weighted by Crippen LogP contribution is -2.05. The molecule has 20 heavy (non-hydrogen) atoms. The van der Waals surface area contributed by atoms with Crippen molar-refractivity contribution < 1.29 is 13.2 Å². The van der Waals surface area contributed by atoms with Crippen LogP contribution >= 0.6 is 15.9 Å². The molecule has 0 unspecified atom stereocenters. The molecule has 0 aliphatic carbocycles. The number of hydrogen-bond acceptors (Lipinski definition) is 2. The number of aromatic nitrogens is 3. The number of imidazole rings is 1. The minimum absolute atomic E-state index is 0.159. The maximum absolute atomic E-state index is 12.7. The lowest BCUT2D eigenvalue weighted by Gasteiger charge is -2.06. The van der Waals surface area contributed by atoms with Crippen LogP contribution in [0.4, 0.5) is 13.2 Å². The first-order valence-corrected chi connectivity index (χ1v) is 6.42. The van der Waals surface area contributed by atoms with Gasteiger partial charge in [-0.3, -0.25) is 4.98 Å². The Hall–Kier alpha value is -1.89. The Labute approximate surface area is 120 Å². The molecule has 0 amide bonds. The second kappa shape index (κ2) is 4.59. The molecule has 0 saturated carbocycles. The van der Waals surface area contributed by atoms with Crippen molar-refractivity contribution in [2.24, 2.45) is 0 Å². The van der Waals surface area contributed by atoms with Crippen molar-refractivity contribution in [1.82, 2.24) is 15.0 Å². The Morgan fingerprint density at radius 1 is 1.10 bits per heavy atom. The van der Waals surface area contributed by atoms with Crippen LogP contribution in [0.5, 0.6) is 0 Å². The van der Waals surface area contributed by atoms with Gasteiger partial charge >= 0.3 is 6.18 Å². The zero-order valence-corrected chi connectivity index (χ0v) is 11.5. The lowest BCUT2D eigenvalue weighted by molar-refractivity contribution is -0.137. The van der Waals surface area contributed by atoms with Gasteiger partial charge in [0.05, 0.1) is 16.6 Å². The summed E-state index contributed by atoms with van der Waals surface area (Å²) in [5.74, 6) is 0.309.